The van der Waals surface area contributed by atoms with Gasteiger partial charge in [0.2, 0.25) is 0 Å². The van der Waals surface area contributed by atoms with Crippen molar-refractivity contribution in [1.82, 2.24) is 0 Å². The summed E-state index contributed by atoms with van der Waals surface area (Å²) in [6.45, 7) is 2.92. The van der Waals surface area contributed by atoms with Crippen LogP contribution in [0.15, 0.2) is 53.6 Å². The molecule has 0 bridgehead atoms. The minimum Gasteiger partial charge on any atom is -0.493 e. The second-order valence-corrected chi connectivity index (χ2v) is 5.41. The molecule has 0 saturated heterocycles. The third kappa shape index (κ3) is 5.41. The number of benzene rings is 2. The SMILES string of the molecule is CCCCCOc1ccccc1C=NNc1ccc(Cl)cc1. The fourth-order valence-electron chi connectivity index (χ4n) is 1.95. The summed E-state index contributed by atoms with van der Waals surface area (Å²) in [5.74, 6) is 0.861. The molecule has 22 heavy (non-hydrogen) atoms. The van der Waals surface area contributed by atoms with Crippen LogP contribution in [-0.2, 0) is 0 Å². The summed E-state index contributed by atoms with van der Waals surface area (Å²) in [6, 6.07) is 15.3. The number of hydrogen-bond acceptors (Lipinski definition) is 3. The minimum atomic E-state index is 0.709. The Labute approximate surface area is 137 Å². The van der Waals surface area contributed by atoms with Gasteiger partial charge < -0.3 is 4.74 Å². The molecule has 0 atom stereocenters. The highest BCUT2D eigenvalue weighted by Gasteiger charge is 2.00. The molecule has 0 amide bonds. The summed E-state index contributed by atoms with van der Waals surface area (Å²) in [5.41, 5.74) is 4.83. The van der Waals surface area contributed by atoms with Crippen molar-refractivity contribution in [3.05, 3.63) is 59.1 Å². The van der Waals surface area contributed by atoms with Gasteiger partial charge >= 0.3 is 0 Å². The van der Waals surface area contributed by atoms with Crippen molar-refractivity contribution in [3.63, 3.8) is 0 Å². The zero-order valence-electron chi connectivity index (χ0n) is 12.8. The quantitative estimate of drug-likeness (QED) is 0.404. The van der Waals surface area contributed by atoms with Crippen molar-refractivity contribution in [2.24, 2.45) is 5.10 Å². The van der Waals surface area contributed by atoms with Crippen LogP contribution in [0.2, 0.25) is 5.02 Å². The largest absolute Gasteiger partial charge is 0.493 e. The predicted octanol–water partition coefficient (Wildman–Crippen LogP) is 5.36. The molecule has 0 aromatic heterocycles. The number of nitrogens with zero attached hydrogens (tertiary/aromatic N) is 1. The van der Waals surface area contributed by atoms with Crippen LogP contribution in [-0.4, -0.2) is 12.8 Å². The van der Waals surface area contributed by atoms with E-state index in [-0.39, 0.29) is 0 Å². The minimum absolute atomic E-state index is 0.709. The van der Waals surface area contributed by atoms with Crippen LogP contribution in [0, 0.1) is 0 Å². The van der Waals surface area contributed by atoms with Crippen molar-refractivity contribution < 1.29 is 4.74 Å². The lowest BCUT2D eigenvalue weighted by Gasteiger charge is -2.08. The Morgan fingerprint density at radius 3 is 2.64 bits per heavy atom. The topological polar surface area (TPSA) is 33.6 Å². The van der Waals surface area contributed by atoms with E-state index in [9.17, 15) is 0 Å². The van der Waals surface area contributed by atoms with E-state index in [2.05, 4.69) is 17.5 Å². The van der Waals surface area contributed by atoms with Crippen LogP contribution in [0.25, 0.3) is 0 Å². The first kappa shape index (κ1) is 16.4. The molecule has 0 unspecified atom stereocenters. The number of hydrazone groups is 1. The molecule has 0 aliphatic heterocycles. The van der Waals surface area contributed by atoms with Crippen molar-refractivity contribution >= 4 is 23.5 Å². The molecule has 116 valence electrons. The first-order valence-corrected chi connectivity index (χ1v) is 7.94. The summed E-state index contributed by atoms with van der Waals surface area (Å²) >= 11 is 5.85. The highest BCUT2D eigenvalue weighted by atomic mass is 35.5. The van der Waals surface area contributed by atoms with Gasteiger partial charge in [-0.25, -0.2) is 0 Å². The highest BCUT2D eigenvalue weighted by molar-refractivity contribution is 6.30. The van der Waals surface area contributed by atoms with Gasteiger partial charge in [0.1, 0.15) is 5.75 Å². The number of hydrogen-bond donors (Lipinski definition) is 1. The van der Waals surface area contributed by atoms with Gasteiger partial charge in [0.25, 0.3) is 0 Å². The molecular formula is C18H21ClN2O. The lowest BCUT2D eigenvalue weighted by atomic mass is 10.2. The van der Waals surface area contributed by atoms with Gasteiger partial charge in [0.15, 0.2) is 0 Å². The third-order valence-corrected chi connectivity index (χ3v) is 3.42. The molecule has 0 spiro atoms. The fourth-order valence-corrected chi connectivity index (χ4v) is 2.08. The number of halogens is 1. The lowest BCUT2D eigenvalue weighted by molar-refractivity contribution is 0.306. The van der Waals surface area contributed by atoms with E-state index in [4.69, 9.17) is 16.3 Å². The predicted molar refractivity (Wildman–Crippen MR) is 94.1 cm³/mol. The number of ether oxygens (including phenoxy) is 1. The van der Waals surface area contributed by atoms with E-state index in [1.165, 1.54) is 12.8 Å². The highest BCUT2D eigenvalue weighted by Crippen LogP contribution is 2.17. The first-order valence-electron chi connectivity index (χ1n) is 7.56. The van der Waals surface area contributed by atoms with Crippen LogP contribution in [0.4, 0.5) is 5.69 Å². The monoisotopic (exact) mass is 316 g/mol. The van der Waals surface area contributed by atoms with Crippen molar-refractivity contribution in [2.75, 3.05) is 12.0 Å². The van der Waals surface area contributed by atoms with E-state index >= 15 is 0 Å². The second-order valence-electron chi connectivity index (χ2n) is 4.97. The van der Waals surface area contributed by atoms with Crippen LogP contribution >= 0.6 is 11.6 Å². The van der Waals surface area contributed by atoms with E-state index in [1.54, 1.807) is 6.21 Å². The maximum atomic E-state index is 5.85. The molecule has 1 N–H and O–H groups in total. The van der Waals surface area contributed by atoms with Crippen molar-refractivity contribution in [1.29, 1.82) is 0 Å². The Morgan fingerprint density at radius 2 is 1.86 bits per heavy atom. The molecule has 0 saturated carbocycles. The summed E-state index contributed by atoms with van der Waals surface area (Å²) in [6.07, 6.45) is 5.22. The molecule has 3 nitrogen and oxygen atoms in total. The molecule has 2 aromatic carbocycles. The van der Waals surface area contributed by atoms with E-state index in [1.807, 2.05) is 48.5 Å². The lowest BCUT2D eigenvalue weighted by Crippen LogP contribution is -2.00. The summed E-state index contributed by atoms with van der Waals surface area (Å²) in [4.78, 5) is 0. The normalized spacial score (nSPS) is 10.8. The van der Waals surface area contributed by atoms with E-state index < -0.39 is 0 Å². The van der Waals surface area contributed by atoms with E-state index in [0.717, 1.165) is 30.0 Å². The van der Waals surface area contributed by atoms with Gasteiger partial charge in [-0.05, 0) is 42.8 Å². The van der Waals surface area contributed by atoms with Gasteiger partial charge in [-0.3, -0.25) is 5.43 Å². The van der Waals surface area contributed by atoms with Crippen molar-refractivity contribution in [2.45, 2.75) is 26.2 Å². The van der Waals surface area contributed by atoms with E-state index in [0.29, 0.717) is 5.02 Å². The van der Waals surface area contributed by atoms with Crippen LogP contribution < -0.4 is 10.2 Å². The molecule has 0 heterocycles. The van der Waals surface area contributed by atoms with Crippen LogP contribution in [0.5, 0.6) is 5.75 Å². The molecule has 4 heteroatoms. The number of para-hydroxylation sites is 1. The average Bonchev–Trinajstić information content (AvgIpc) is 2.55. The zero-order valence-corrected chi connectivity index (χ0v) is 13.5. The Bertz CT molecular complexity index is 596. The van der Waals surface area contributed by atoms with Crippen LogP contribution in [0.3, 0.4) is 0 Å². The van der Waals surface area contributed by atoms with Gasteiger partial charge in [-0.15, -0.1) is 0 Å². The van der Waals surface area contributed by atoms with Gasteiger partial charge in [0.05, 0.1) is 18.5 Å². The number of nitrogens with one attached hydrogen (secondary N) is 1. The molecule has 2 aromatic rings. The smallest absolute Gasteiger partial charge is 0.128 e. The fraction of sp³-hybridized carbons (Fsp3) is 0.278. The summed E-state index contributed by atoms with van der Waals surface area (Å²) < 4.78 is 5.82. The number of anilines is 1. The maximum Gasteiger partial charge on any atom is 0.128 e. The first-order chi connectivity index (χ1) is 10.8. The Kier molecular flexibility index (Phi) is 6.78. The second kappa shape index (κ2) is 9.11. The van der Waals surface area contributed by atoms with Crippen LogP contribution in [0.1, 0.15) is 31.7 Å². The average molecular weight is 317 g/mol. The maximum absolute atomic E-state index is 5.85. The number of unbranched alkanes of at least 4 members (excludes halogenated alkanes) is 2. The summed E-state index contributed by atoms with van der Waals surface area (Å²) in [7, 11) is 0. The molecule has 0 fully saturated rings. The zero-order chi connectivity index (χ0) is 15.6. The number of rotatable bonds is 8. The van der Waals surface area contributed by atoms with Gasteiger partial charge in [0, 0.05) is 10.6 Å². The molecule has 2 rings (SSSR count). The molecule has 0 aliphatic carbocycles. The standard InChI is InChI=1S/C18H21ClN2O/c1-2-3-6-13-22-18-8-5-4-7-15(18)14-20-21-17-11-9-16(19)10-12-17/h4-5,7-12,14,21H,2-3,6,13H2,1H3. The molecule has 0 aliphatic rings. The van der Waals surface area contributed by atoms with Gasteiger partial charge in [-0.1, -0.05) is 43.5 Å². The van der Waals surface area contributed by atoms with Crippen molar-refractivity contribution in [3.8, 4) is 5.75 Å². The Hall–Kier alpha value is -2.00. The Morgan fingerprint density at radius 1 is 1.09 bits per heavy atom. The third-order valence-electron chi connectivity index (χ3n) is 3.17. The Balaban J connectivity index is 1.93. The molecule has 0 radical (unpaired) electrons. The van der Waals surface area contributed by atoms with Gasteiger partial charge in [-0.2, -0.15) is 5.10 Å². The summed E-state index contributed by atoms with van der Waals surface area (Å²) in [5, 5.41) is 4.96. The molecular weight excluding hydrogens is 296 g/mol.